The Balaban J connectivity index is 4.30. The van der Waals surface area contributed by atoms with E-state index in [1.165, 1.54) is 0 Å². The Morgan fingerprint density at radius 3 is 1.86 bits per heavy atom. The zero-order valence-electron chi connectivity index (χ0n) is 10.2. The van der Waals surface area contributed by atoms with E-state index in [-0.39, 0.29) is 24.3 Å². The zero-order valence-corrected chi connectivity index (χ0v) is 10.2. The van der Waals surface area contributed by atoms with E-state index in [0.717, 1.165) is 6.42 Å². The molecule has 1 amide bonds. The lowest BCUT2D eigenvalue weighted by atomic mass is 10.2. The molecule has 0 spiro atoms. The topological polar surface area (TPSA) is 29.5 Å². The Hall–Kier alpha value is -0.730. The summed E-state index contributed by atoms with van der Waals surface area (Å²) in [5.41, 5.74) is 0. The molecule has 0 saturated heterocycles. The van der Waals surface area contributed by atoms with Gasteiger partial charge in [-0.05, 0) is 41.0 Å². The van der Waals surface area contributed by atoms with Crippen molar-refractivity contribution in [2.75, 3.05) is 0 Å². The van der Waals surface area contributed by atoms with E-state index >= 15 is 0 Å². The zero-order chi connectivity index (χ0) is 11.3. The highest BCUT2D eigenvalue weighted by atomic mass is 16.6. The summed E-state index contributed by atoms with van der Waals surface area (Å²) >= 11 is 0. The highest BCUT2D eigenvalue weighted by Gasteiger charge is 2.22. The molecule has 14 heavy (non-hydrogen) atoms. The molecule has 0 saturated carbocycles. The molecule has 0 fully saturated rings. The van der Waals surface area contributed by atoms with Gasteiger partial charge < -0.3 is 9.64 Å². The van der Waals surface area contributed by atoms with Gasteiger partial charge in [-0.1, -0.05) is 6.92 Å². The highest BCUT2D eigenvalue weighted by Crippen LogP contribution is 2.09. The maximum Gasteiger partial charge on any atom is 0.410 e. The Kier molecular flexibility index (Phi) is 5.58. The van der Waals surface area contributed by atoms with E-state index in [0.29, 0.717) is 0 Å². The molecule has 0 aliphatic heterocycles. The Morgan fingerprint density at radius 1 is 1.14 bits per heavy atom. The molecule has 0 heterocycles. The van der Waals surface area contributed by atoms with E-state index in [2.05, 4.69) is 0 Å². The third-order valence-corrected chi connectivity index (χ3v) is 2.20. The molecule has 0 N–H and O–H groups in total. The number of carbonyl (C=O) groups is 1. The van der Waals surface area contributed by atoms with Crippen molar-refractivity contribution in [3.05, 3.63) is 0 Å². The summed E-state index contributed by atoms with van der Waals surface area (Å²) < 4.78 is 5.27. The molecule has 0 aromatic rings. The summed E-state index contributed by atoms with van der Waals surface area (Å²) in [7, 11) is 0. The third-order valence-electron chi connectivity index (χ3n) is 2.20. The van der Waals surface area contributed by atoms with Gasteiger partial charge in [-0.25, -0.2) is 4.79 Å². The first-order valence-corrected chi connectivity index (χ1v) is 5.39. The highest BCUT2D eigenvalue weighted by molar-refractivity contribution is 5.68. The van der Waals surface area contributed by atoms with Gasteiger partial charge in [0.05, 0.1) is 0 Å². The number of rotatable bonds is 4. The molecule has 3 nitrogen and oxygen atoms in total. The number of amides is 1. The van der Waals surface area contributed by atoms with Crippen LogP contribution in [0.5, 0.6) is 0 Å². The molecule has 0 rings (SSSR count). The minimum Gasteiger partial charge on any atom is -0.446 e. The predicted octanol–water partition coefficient (Wildman–Crippen LogP) is 3.04. The molecule has 1 atom stereocenters. The predicted molar refractivity (Wildman–Crippen MR) is 58.3 cm³/mol. The lowest BCUT2D eigenvalue weighted by Gasteiger charge is -2.30. The van der Waals surface area contributed by atoms with Crippen LogP contribution in [0.1, 0.15) is 48.0 Å². The van der Waals surface area contributed by atoms with Crippen LogP contribution in [0.15, 0.2) is 0 Å². The van der Waals surface area contributed by atoms with Crippen LogP contribution in [0.4, 0.5) is 4.79 Å². The van der Waals surface area contributed by atoms with E-state index in [1.807, 2.05) is 41.5 Å². The molecule has 0 aromatic carbocycles. The second-order valence-electron chi connectivity index (χ2n) is 4.20. The normalized spacial score (nSPS) is 13.1. The standard InChI is InChI=1S/C11H23NO2/c1-7-10(6)14-11(13)12(8(2)3)9(4)5/h8-10H,7H2,1-6H3. The Bertz CT molecular complexity index is 170. The summed E-state index contributed by atoms with van der Waals surface area (Å²) in [4.78, 5) is 13.5. The van der Waals surface area contributed by atoms with Crippen molar-refractivity contribution < 1.29 is 9.53 Å². The summed E-state index contributed by atoms with van der Waals surface area (Å²) in [6.07, 6.45) is 0.655. The Morgan fingerprint density at radius 2 is 1.57 bits per heavy atom. The van der Waals surface area contributed by atoms with Crippen molar-refractivity contribution in [1.29, 1.82) is 0 Å². The Labute approximate surface area is 87.4 Å². The first-order valence-electron chi connectivity index (χ1n) is 5.39. The quantitative estimate of drug-likeness (QED) is 0.699. The van der Waals surface area contributed by atoms with Crippen molar-refractivity contribution in [2.24, 2.45) is 0 Å². The molecule has 0 bridgehead atoms. The van der Waals surface area contributed by atoms with Crippen molar-refractivity contribution in [3.8, 4) is 0 Å². The van der Waals surface area contributed by atoms with E-state index in [9.17, 15) is 4.79 Å². The first-order chi connectivity index (χ1) is 6.40. The lowest BCUT2D eigenvalue weighted by Crippen LogP contribution is -2.43. The van der Waals surface area contributed by atoms with Crippen LogP contribution in [-0.4, -0.2) is 29.2 Å². The van der Waals surface area contributed by atoms with Crippen molar-refractivity contribution in [3.63, 3.8) is 0 Å². The van der Waals surface area contributed by atoms with Gasteiger partial charge in [0.2, 0.25) is 0 Å². The first kappa shape index (κ1) is 13.3. The molecule has 0 aromatic heterocycles. The van der Waals surface area contributed by atoms with Gasteiger partial charge >= 0.3 is 6.09 Å². The minimum absolute atomic E-state index is 0.00231. The van der Waals surface area contributed by atoms with Crippen molar-refractivity contribution in [1.82, 2.24) is 4.90 Å². The molecule has 84 valence electrons. The second kappa shape index (κ2) is 5.89. The van der Waals surface area contributed by atoms with Crippen LogP contribution in [-0.2, 0) is 4.74 Å². The number of hydrogen-bond donors (Lipinski definition) is 0. The fourth-order valence-electron chi connectivity index (χ4n) is 1.33. The number of nitrogens with zero attached hydrogens (tertiary/aromatic N) is 1. The molecule has 1 unspecified atom stereocenters. The number of hydrogen-bond acceptors (Lipinski definition) is 2. The molecule has 0 aliphatic rings. The van der Waals surface area contributed by atoms with Crippen LogP contribution >= 0.6 is 0 Å². The molecule has 0 radical (unpaired) electrons. The van der Waals surface area contributed by atoms with Gasteiger partial charge in [0.25, 0.3) is 0 Å². The fourth-order valence-corrected chi connectivity index (χ4v) is 1.33. The van der Waals surface area contributed by atoms with Gasteiger partial charge in [0.1, 0.15) is 6.10 Å². The van der Waals surface area contributed by atoms with Gasteiger partial charge in [0.15, 0.2) is 0 Å². The number of ether oxygens (including phenoxy) is 1. The van der Waals surface area contributed by atoms with Crippen LogP contribution in [0.25, 0.3) is 0 Å². The minimum atomic E-state index is -0.204. The van der Waals surface area contributed by atoms with Crippen molar-refractivity contribution >= 4 is 6.09 Å². The largest absolute Gasteiger partial charge is 0.446 e. The third kappa shape index (κ3) is 3.99. The number of carbonyl (C=O) groups excluding carboxylic acids is 1. The van der Waals surface area contributed by atoms with Gasteiger partial charge in [-0.15, -0.1) is 0 Å². The SMILES string of the molecule is CCC(C)OC(=O)N(C(C)C)C(C)C. The molecular formula is C11H23NO2. The lowest BCUT2D eigenvalue weighted by molar-refractivity contribution is 0.0504. The van der Waals surface area contributed by atoms with E-state index in [4.69, 9.17) is 4.74 Å². The summed E-state index contributed by atoms with van der Waals surface area (Å²) in [6.45, 7) is 11.9. The van der Waals surface area contributed by atoms with Crippen molar-refractivity contribution in [2.45, 2.75) is 66.2 Å². The molecular weight excluding hydrogens is 178 g/mol. The second-order valence-corrected chi connectivity index (χ2v) is 4.20. The average molecular weight is 201 g/mol. The maximum absolute atomic E-state index is 11.7. The maximum atomic E-state index is 11.7. The van der Waals surface area contributed by atoms with Crippen LogP contribution in [0, 0.1) is 0 Å². The molecule has 0 aliphatic carbocycles. The van der Waals surface area contributed by atoms with E-state index in [1.54, 1.807) is 4.90 Å². The fraction of sp³-hybridized carbons (Fsp3) is 0.909. The van der Waals surface area contributed by atoms with Gasteiger partial charge in [-0.2, -0.15) is 0 Å². The summed E-state index contributed by atoms with van der Waals surface area (Å²) in [5, 5.41) is 0. The van der Waals surface area contributed by atoms with Gasteiger partial charge in [0, 0.05) is 12.1 Å². The van der Waals surface area contributed by atoms with E-state index < -0.39 is 0 Å². The monoisotopic (exact) mass is 201 g/mol. The smallest absolute Gasteiger partial charge is 0.410 e. The van der Waals surface area contributed by atoms with Crippen LogP contribution in [0.3, 0.4) is 0 Å². The van der Waals surface area contributed by atoms with Crippen LogP contribution in [0.2, 0.25) is 0 Å². The summed E-state index contributed by atoms with van der Waals surface area (Å²) in [5.74, 6) is 0. The van der Waals surface area contributed by atoms with Gasteiger partial charge in [-0.3, -0.25) is 0 Å². The summed E-state index contributed by atoms with van der Waals surface area (Å²) in [6, 6.07) is 0.373. The average Bonchev–Trinajstić information content (AvgIpc) is 2.02. The van der Waals surface area contributed by atoms with Crippen LogP contribution < -0.4 is 0 Å². The molecule has 3 heteroatoms.